The number of anilines is 1. The third-order valence-electron chi connectivity index (χ3n) is 4.46. The van der Waals surface area contributed by atoms with Crippen molar-refractivity contribution >= 4 is 17.4 Å². The van der Waals surface area contributed by atoms with E-state index in [1.165, 1.54) is 5.56 Å². The van der Waals surface area contributed by atoms with Crippen molar-refractivity contribution in [3.8, 4) is 5.75 Å². The first-order chi connectivity index (χ1) is 13.6. The molecule has 3 aromatic carbocycles. The van der Waals surface area contributed by atoms with Crippen LogP contribution in [-0.4, -0.2) is 17.8 Å². The first-order valence-electron chi connectivity index (χ1n) is 9.33. The van der Waals surface area contributed by atoms with Crippen LogP contribution in [0.2, 0.25) is 0 Å². The van der Waals surface area contributed by atoms with Crippen LogP contribution in [0.25, 0.3) is 0 Å². The molecule has 0 aliphatic carbocycles. The van der Waals surface area contributed by atoms with E-state index in [4.69, 9.17) is 4.74 Å². The lowest BCUT2D eigenvalue weighted by molar-refractivity contribution is -0.122. The van der Waals surface area contributed by atoms with Crippen LogP contribution < -0.4 is 10.1 Å². The molecule has 28 heavy (non-hydrogen) atoms. The zero-order valence-electron chi connectivity index (χ0n) is 16.0. The summed E-state index contributed by atoms with van der Waals surface area (Å²) in [6, 6.07) is 23.7. The number of carbonyl (C=O) groups is 2. The van der Waals surface area contributed by atoms with Crippen LogP contribution in [0.5, 0.6) is 5.75 Å². The summed E-state index contributed by atoms with van der Waals surface area (Å²) in [5.41, 5.74) is 3.17. The van der Waals surface area contributed by atoms with Crippen LogP contribution >= 0.6 is 0 Å². The predicted octanol–water partition coefficient (Wildman–Crippen LogP) is 4.89. The topological polar surface area (TPSA) is 55.4 Å². The third kappa shape index (κ3) is 4.86. The average Bonchev–Trinajstić information content (AvgIpc) is 2.75. The van der Waals surface area contributed by atoms with Gasteiger partial charge >= 0.3 is 0 Å². The number of rotatable bonds is 7. The maximum Gasteiger partial charge on any atom is 0.265 e. The van der Waals surface area contributed by atoms with Gasteiger partial charge < -0.3 is 10.1 Å². The highest BCUT2D eigenvalue weighted by Crippen LogP contribution is 2.17. The molecule has 0 saturated carbocycles. The van der Waals surface area contributed by atoms with Gasteiger partial charge in [0.05, 0.1) is 0 Å². The predicted molar refractivity (Wildman–Crippen MR) is 111 cm³/mol. The molecule has 0 fully saturated rings. The largest absolute Gasteiger partial charge is 0.481 e. The molecule has 4 heteroatoms. The van der Waals surface area contributed by atoms with Crippen LogP contribution in [-0.2, 0) is 11.2 Å². The number of benzene rings is 3. The minimum atomic E-state index is -0.665. The summed E-state index contributed by atoms with van der Waals surface area (Å²) in [4.78, 5) is 24.8. The Hall–Kier alpha value is -3.40. The maximum atomic E-state index is 12.4. The Morgan fingerprint density at radius 1 is 0.857 bits per heavy atom. The van der Waals surface area contributed by atoms with Crippen molar-refractivity contribution in [2.75, 3.05) is 5.32 Å². The van der Waals surface area contributed by atoms with Crippen molar-refractivity contribution in [3.63, 3.8) is 0 Å². The quantitative estimate of drug-likeness (QED) is 0.600. The summed E-state index contributed by atoms with van der Waals surface area (Å²) in [6.45, 7) is 3.78. The van der Waals surface area contributed by atoms with Crippen LogP contribution in [0, 0.1) is 0 Å². The highest BCUT2D eigenvalue weighted by atomic mass is 16.5. The molecule has 1 N–H and O–H groups in total. The van der Waals surface area contributed by atoms with Gasteiger partial charge in [0.25, 0.3) is 5.91 Å². The van der Waals surface area contributed by atoms with E-state index in [1.54, 1.807) is 43.3 Å². The molecule has 4 nitrogen and oxygen atoms in total. The molecule has 3 rings (SSSR count). The van der Waals surface area contributed by atoms with E-state index in [0.717, 1.165) is 12.1 Å². The molecule has 0 bridgehead atoms. The Morgan fingerprint density at radius 2 is 1.46 bits per heavy atom. The Labute approximate surface area is 165 Å². The smallest absolute Gasteiger partial charge is 0.265 e. The van der Waals surface area contributed by atoms with Crippen molar-refractivity contribution in [1.82, 2.24) is 0 Å². The molecule has 0 aliphatic rings. The summed E-state index contributed by atoms with van der Waals surface area (Å²) in [5, 5.41) is 2.85. The molecule has 142 valence electrons. The first-order valence-corrected chi connectivity index (χ1v) is 9.33. The SMILES string of the molecule is CCc1ccc(NC(=O)[C@@H](C)Oc2ccc(C(=O)c3ccccc3)cc2)cc1. The van der Waals surface area contributed by atoms with Gasteiger partial charge in [-0.3, -0.25) is 9.59 Å². The Morgan fingerprint density at radius 3 is 2.07 bits per heavy atom. The fourth-order valence-electron chi connectivity index (χ4n) is 2.77. The number of ketones is 1. The number of amides is 1. The average molecular weight is 373 g/mol. The van der Waals surface area contributed by atoms with Crippen molar-refractivity contribution in [2.24, 2.45) is 0 Å². The van der Waals surface area contributed by atoms with E-state index < -0.39 is 6.10 Å². The number of aryl methyl sites for hydroxylation is 1. The van der Waals surface area contributed by atoms with Gasteiger partial charge in [0.2, 0.25) is 0 Å². The molecule has 1 amide bonds. The van der Waals surface area contributed by atoms with Crippen molar-refractivity contribution in [3.05, 3.63) is 95.6 Å². The monoisotopic (exact) mass is 373 g/mol. The van der Waals surface area contributed by atoms with E-state index in [9.17, 15) is 9.59 Å². The summed E-state index contributed by atoms with van der Waals surface area (Å²) >= 11 is 0. The van der Waals surface area contributed by atoms with Crippen molar-refractivity contribution in [1.29, 1.82) is 0 Å². The van der Waals surface area contributed by atoms with Gasteiger partial charge in [-0.25, -0.2) is 0 Å². The summed E-state index contributed by atoms with van der Waals surface area (Å²) in [7, 11) is 0. The van der Waals surface area contributed by atoms with Crippen LogP contribution in [0.1, 0.15) is 35.3 Å². The van der Waals surface area contributed by atoms with E-state index in [2.05, 4.69) is 12.2 Å². The zero-order valence-corrected chi connectivity index (χ0v) is 16.0. The van der Waals surface area contributed by atoms with Crippen LogP contribution in [0.4, 0.5) is 5.69 Å². The van der Waals surface area contributed by atoms with Gasteiger partial charge in [0, 0.05) is 16.8 Å². The molecule has 0 aliphatic heterocycles. The number of hydrogen-bond donors (Lipinski definition) is 1. The molecular weight excluding hydrogens is 350 g/mol. The normalized spacial score (nSPS) is 11.5. The van der Waals surface area contributed by atoms with Gasteiger partial charge in [-0.15, -0.1) is 0 Å². The van der Waals surface area contributed by atoms with E-state index >= 15 is 0 Å². The number of ether oxygens (including phenoxy) is 1. The summed E-state index contributed by atoms with van der Waals surface area (Å²) < 4.78 is 5.71. The standard InChI is InChI=1S/C24H23NO3/c1-3-18-9-13-21(14-10-18)25-24(27)17(2)28-22-15-11-20(12-16-22)23(26)19-7-5-4-6-8-19/h4-17H,3H2,1-2H3,(H,25,27)/t17-/m1/s1. The molecule has 0 unspecified atom stereocenters. The molecule has 0 spiro atoms. The second kappa shape index (κ2) is 9.00. The first kappa shape index (κ1) is 19.4. The minimum Gasteiger partial charge on any atom is -0.481 e. The van der Waals surface area contributed by atoms with E-state index in [0.29, 0.717) is 16.9 Å². The highest BCUT2D eigenvalue weighted by Gasteiger charge is 2.15. The van der Waals surface area contributed by atoms with Gasteiger partial charge in [0.15, 0.2) is 11.9 Å². The summed E-state index contributed by atoms with van der Waals surface area (Å²) in [5.74, 6) is 0.260. The second-order valence-electron chi connectivity index (χ2n) is 6.52. The van der Waals surface area contributed by atoms with Crippen molar-refractivity contribution in [2.45, 2.75) is 26.4 Å². The van der Waals surface area contributed by atoms with Gasteiger partial charge in [-0.2, -0.15) is 0 Å². The number of hydrogen-bond acceptors (Lipinski definition) is 3. The lowest BCUT2D eigenvalue weighted by Gasteiger charge is -2.15. The molecule has 0 saturated heterocycles. The molecule has 3 aromatic rings. The summed E-state index contributed by atoms with van der Waals surface area (Å²) in [6.07, 6.45) is 0.290. The Balaban J connectivity index is 1.59. The van der Waals surface area contributed by atoms with Crippen molar-refractivity contribution < 1.29 is 14.3 Å². The fraction of sp³-hybridized carbons (Fsp3) is 0.167. The maximum absolute atomic E-state index is 12.4. The Bertz CT molecular complexity index is 932. The molecule has 0 aromatic heterocycles. The number of carbonyl (C=O) groups excluding carboxylic acids is 2. The van der Waals surface area contributed by atoms with E-state index in [-0.39, 0.29) is 11.7 Å². The van der Waals surface area contributed by atoms with Gasteiger partial charge in [-0.1, -0.05) is 49.4 Å². The third-order valence-corrected chi connectivity index (χ3v) is 4.46. The lowest BCUT2D eigenvalue weighted by Crippen LogP contribution is -2.30. The Kier molecular flexibility index (Phi) is 6.22. The number of nitrogens with one attached hydrogen (secondary N) is 1. The zero-order chi connectivity index (χ0) is 19.9. The molecular formula is C24H23NO3. The van der Waals surface area contributed by atoms with E-state index in [1.807, 2.05) is 42.5 Å². The lowest BCUT2D eigenvalue weighted by atomic mass is 10.0. The van der Waals surface area contributed by atoms with Gasteiger partial charge in [-0.05, 0) is 55.3 Å². The highest BCUT2D eigenvalue weighted by molar-refractivity contribution is 6.09. The second-order valence-corrected chi connectivity index (χ2v) is 6.52. The molecule has 0 heterocycles. The minimum absolute atomic E-state index is 0.0477. The molecule has 1 atom stereocenters. The van der Waals surface area contributed by atoms with Crippen LogP contribution in [0.15, 0.2) is 78.9 Å². The fourth-order valence-corrected chi connectivity index (χ4v) is 2.77. The van der Waals surface area contributed by atoms with Gasteiger partial charge in [0.1, 0.15) is 5.75 Å². The molecule has 0 radical (unpaired) electrons. The van der Waals surface area contributed by atoms with Crippen LogP contribution in [0.3, 0.4) is 0 Å².